The maximum Gasteiger partial charge on any atom is 0 e. The number of rotatable bonds is 0. The van der Waals surface area contributed by atoms with Crippen LogP contribution >= 0.6 is 0 Å². The van der Waals surface area contributed by atoms with Gasteiger partial charge >= 0.3 is 0 Å². The van der Waals surface area contributed by atoms with E-state index in [9.17, 15) is 0 Å². The molecule has 0 bridgehead atoms. The van der Waals surface area contributed by atoms with Crippen LogP contribution in [0, 0.1) is 0 Å². The van der Waals surface area contributed by atoms with E-state index in [1.807, 2.05) is 0 Å². The van der Waals surface area contributed by atoms with Crippen molar-refractivity contribution in [2.75, 3.05) is 0 Å². The fraction of sp³-hybridized carbons (Fsp3) is 0. The van der Waals surface area contributed by atoms with Crippen LogP contribution in [0.5, 0.6) is 0 Å². The molecule has 0 saturated carbocycles. The normalized spacial score (nSPS) is 0. The van der Waals surface area contributed by atoms with Crippen molar-refractivity contribution < 1.29 is 134 Å². The molecule has 0 unspecified atom stereocenters. The third kappa shape index (κ3) is 1300. The number of hydrogen-bond donors (Lipinski definition) is 0. The van der Waals surface area contributed by atoms with Crippen molar-refractivity contribution in [2.45, 2.75) is 0 Å². The molecule has 16 heavy (non-hydrogen) atoms. The van der Waals surface area contributed by atoms with Crippen LogP contribution in [0.15, 0.2) is 0 Å². The molecule has 0 amide bonds. The van der Waals surface area contributed by atoms with Crippen LogP contribution in [0.25, 0.3) is 0 Å². The summed E-state index contributed by atoms with van der Waals surface area (Å²) in [4.78, 5) is 0. The summed E-state index contributed by atoms with van der Waals surface area (Å²) < 4.78 is 0. The summed E-state index contributed by atoms with van der Waals surface area (Å²) in [6.07, 6.45) is 0. The Bertz CT molecular complexity index is 13.0. The minimum absolute atomic E-state index is 0. The zero-order valence-electron chi connectivity index (χ0n) is 7.51. The van der Waals surface area contributed by atoms with E-state index in [0.717, 1.165) is 0 Å². The molecule has 0 aliphatic rings. The predicted octanol–water partition coefficient (Wildman–Crippen LogP) is -9.91. The zero-order valence-corrected chi connectivity index (χ0v) is 12.2. The SMILES string of the molecule is O.O.O.O.O.O.O.O.O.O.O.O.[Mn].[Mn].[Mn].[Mn]. The van der Waals surface area contributed by atoms with Gasteiger partial charge in [0.25, 0.3) is 0 Å². The Hall–Kier alpha value is 1.60. The fourth-order valence-corrected chi connectivity index (χ4v) is 0. The van der Waals surface area contributed by atoms with Crippen LogP contribution < -0.4 is 0 Å². The summed E-state index contributed by atoms with van der Waals surface area (Å²) in [6.45, 7) is 0. The van der Waals surface area contributed by atoms with Crippen LogP contribution in [-0.4, -0.2) is 65.7 Å². The first-order valence-corrected chi connectivity index (χ1v) is 0. The van der Waals surface area contributed by atoms with E-state index in [4.69, 9.17) is 0 Å². The summed E-state index contributed by atoms with van der Waals surface area (Å²) in [5, 5.41) is 0. The molecule has 0 heterocycles. The Morgan fingerprint density at radius 1 is 0.125 bits per heavy atom. The van der Waals surface area contributed by atoms with E-state index in [1.54, 1.807) is 0 Å². The number of hydrogen-bond acceptors (Lipinski definition) is 0. The molecular weight excluding hydrogens is 412 g/mol. The Morgan fingerprint density at radius 3 is 0.125 bits per heavy atom. The van der Waals surface area contributed by atoms with E-state index in [0.29, 0.717) is 0 Å². The molecule has 0 fully saturated rings. The van der Waals surface area contributed by atoms with Gasteiger partial charge in [0.2, 0.25) is 0 Å². The molecule has 0 aromatic rings. The van der Waals surface area contributed by atoms with Gasteiger partial charge in [-0.25, -0.2) is 0 Å². The molecule has 16 heteroatoms. The van der Waals surface area contributed by atoms with E-state index >= 15 is 0 Å². The monoisotopic (exact) mass is 436 g/mol. The molecule has 0 atom stereocenters. The topological polar surface area (TPSA) is 378 Å². The van der Waals surface area contributed by atoms with Crippen LogP contribution in [0.2, 0.25) is 0 Å². The van der Waals surface area contributed by atoms with Crippen LogP contribution in [0.3, 0.4) is 0 Å². The molecular formula is H24Mn4O12. The smallest absolute Gasteiger partial charge is 0 e. The van der Waals surface area contributed by atoms with Gasteiger partial charge in [0.05, 0.1) is 0 Å². The van der Waals surface area contributed by atoms with Gasteiger partial charge in [0.15, 0.2) is 0 Å². The van der Waals surface area contributed by atoms with Gasteiger partial charge in [-0.1, -0.05) is 0 Å². The summed E-state index contributed by atoms with van der Waals surface area (Å²) in [5.41, 5.74) is 0. The molecule has 0 saturated heterocycles. The molecule has 12 nitrogen and oxygen atoms in total. The van der Waals surface area contributed by atoms with Crippen molar-refractivity contribution in [2.24, 2.45) is 0 Å². The molecule has 124 valence electrons. The average Bonchev–Trinajstić information content (AvgIpc) is 0. The molecule has 0 aromatic carbocycles. The second-order valence-electron chi connectivity index (χ2n) is 0. The van der Waals surface area contributed by atoms with Gasteiger partial charge in [-0.15, -0.1) is 0 Å². The molecule has 0 spiro atoms. The molecule has 0 aliphatic carbocycles. The van der Waals surface area contributed by atoms with E-state index in [-0.39, 0.29) is 134 Å². The average molecular weight is 436 g/mol. The van der Waals surface area contributed by atoms with Gasteiger partial charge in [0.1, 0.15) is 0 Å². The van der Waals surface area contributed by atoms with Crippen molar-refractivity contribution in [1.82, 2.24) is 0 Å². The minimum Gasteiger partial charge on any atom is -0.412 e. The van der Waals surface area contributed by atoms with E-state index in [1.165, 1.54) is 0 Å². The molecule has 0 rings (SSSR count). The molecule has 24 N–H and O–H groups in total. The van der Waals surface area contributed by atoms with E-state index in [2.05, 4.69) is 0 Å². The quantitative estimate of drug-likeness (QED) is 0.319. The molecule has 4 radical (unpaired) electrons. The first-order chi connectivity index (χ1) is 0. The van der Waals surface area contributed by atoms with Gasteiger partial charge in [-0.2, -0.15) is 0 Å². The van der Waals surface area contributed by atoms with Crippen LogP contribution in [0.1, 0.15) is 0 Å². The van der Waals surface area contributed by atoms with Crippen molar-refractivity contribution in [3.05, 3.63) is 0 Å². The van der Waals surface area contributed by atoms with Gasteiger partial charge in [-0.3, -0.25) is 0 Å². The fourth-order valence-electron chi connectivity index (χ4n) is 0. The van der Waals surface area contributed by atoms with Crippen molar-refractivity contribution in [3.8, 4) is 0 Å². The van der Waals surface area contributed by atoms with Gasteiger partial charge < -0.3 is 65.7 Å². The maximum atomic E-state index is 0. The standard InChI is InChI=1S/4Mn.12H2O/h;;;;12*1H2. The third-order valence-electron chi connectivity index (χ3n) is 0. The predicted molar refractivity (Wildman–Crippen MR) is 43.4 cm³/mol. The minimum atomic E-state index is 0. The first-order valence-electron chi connectivity index (χ1n) is 0. The zero-order chi connectivity index (χ0) is 0. The van der Waals surface area contributed by atoms with Gasteiger partial charge in [0, 0.05) is 68.3 Å². The maximum absolute atomic E-state index is 0. The third-order valence-corrected chi connectivity index (χ3v) is 0. The summed E-state index contributed by atoms with van der Waals surface area (Å²) in [5.74, 6) is 0. The Kier molecular flexibility index (Phi) is 188000. The van der Waals surface area contributed by atoms with Crippen molar-refractivity contribution in [1.29, 1.82) is 0 Å². The van der Waals surface area contributed by atoms with Crippen LogP contribution in [-0.2, 0) is 68.3 Å². The van der Waals surface area contributed by atoms with Crippen molar-refractivity contribution in [3.63, 3.8) is 0 Å². The molecule has 0 aromatic heterocycles. The molecule has 0 aliphatic heterocycles. The first kappa shape index (κ1) is 1900. The summed E-state index contributed by atoms with van der Waals surface area (Å²) in [7, 11) is 0. The Labute approximate surface area is 134 Å². The van der Waals surface area contributed by atoms with E-state index < -0.39 is 0 Å². The largest absolute Gasteiger partial charge is 0.412 e. The Morgan fingerprint density at radius 2 is 0.125 bits per heavy atom. The van der Waals surface area contributed by atoms with Gasteiger partial charge in [-0.05, 0) is 0 Å². The summed E-state index contributed by atoms with van der Waals surface area (Å²) in [6, 6.07) is 0. The Balaban J connectivity index is 0. The van der Waals surface area contributed by atoms with Crippen molar-refractivity contribution >= 4 is 0 Å². The van der Waals surface area contributed by atoms with Crippen LogP contribution in [0.4, 0.5) is 0 Å². The second-order valence-corrected chi connectivity index (χ2v) is 0. The second kappa shape index (κ2) is 1580. The summed E-state index contributed by atoms with van der Waals surface area (Å²) >= 11 is 0.